The van der Waals surface area contributed by atoms with Crippen LogP contribution in [0.1, 0.15) is 32.0 Å². The molecule has 0 radical (unpaired) electrons. The minimum atomic E-state index is -4.31. The monoisotopic (exact) mass is 562 g/mol. The van der Waals surface area contributed by atoms with E-state index >= 15 is 0 Å². The second kappa shape index (κ2) is 11.4. The maximum absolute atomic E-state index is 12.4. The molecule has 0 saturated carbocycles. The summed E-state index contributed by atoms with van der Waals surface area (Å²) in [4.78, 5) is 3.69. The number of thiophene rings is 2. The highest BCUT2D eigenvalue weighted by Crippen LogP contribution is 2.36. The number of hydrogen-bond donors (Lipinski definition) is 1. The molecule has 4 rings (SSSR count). The number of aliphatic hydroxyl groups is 1. The Morgan fingerprint density at radius 1 is 0.667 bits per heavy atom. The summed E-state index contributed by atoms with van der Waals surface area (Å²) in [6.07, 6.45) is -8.59. The van der Waals surface area contributed by atoms with E-state index in [1.165, 1.54) is 46.9 Å². The highest BCUT2D eigenvalue weighted by atomic mass is 35.5. The minimum absolute atomic E-state index is 0.0445. The molecule has 36 heavy (non-hydrogen) atoms. The zero-order valence-corrected chi connectivity index (χ0v) is 21.5. The molecule has 192 valence electrons. The van der Waals surface area contributed by atoms with Gasteiger partial charge in [-0.15, -0.1) is 34.3 Å². The lowest BCUT2D eigenvalue weighted by Crippen LogP contribution is -2.03. The second-order valence-electron chi connectivity index (χ2n) is 7.88. The summed E-state index contributed by atoms with van der Waals surface area (Å²) >= 11 is 8.69. The summed E-state index contributed by atoms with van der Waals surface area (Å²) in [7, 11) is 0. The van der Waals surface area contributed by atoms with Gasteiger partial charge in [0.2, 0.25) is 0 Å². The van der Waals surface area contributed by atoms with Crippen molar-refractivity contribution in [3.05, 3.63) is 92.7 Å². The third kappa shape index (κ3) is 6.91. The summed E-state index contributed by atoms with van der Waals surface area (Å²) < 4.78 is 74.5. The molecule has 2 aromatic carbocycles. The van der Waals surface area contributed by atoms with Gasteiger partial charge in [0, 0.05) is 19.5 Å². The SMILES string of the molecule is Cc1cc(-c2ccc(C(F)(F)F)cc2)sc1CCl.Cc1cc(-c2ccc(C(F)(F)F)cc2)sc1CO. The first kappa shape index (κ1) is 28.2. The molecule has 2 aromatic heterocycles. The van der Waals surface area contributed by atoms with Gasteiger partial charge in [-0.1, -0.05) is 24.3 Å². The summed E-state index contributed by atoms with van der Waals surface area (Å²) in [6.45, 7) is 3.77. The molecule has 0 atom stereocenters. The van der Waals surface area contributed by atoms with Gasteiger partial charge in [-0.2, -0.15) is 26.3 Å². The Morgan fingerprint density at radius 2 is 1.03 bits per heavy atom. The lowest BCUT2D eigenvalue weighted by Gasteiger charge is -2.06. The molecule has 0 aliphatic carbocycles. The van der Waals surface area contributed by atoms with Gasteiger partial charge >= 0.3 is 12.4 Å². The number of hydrogen-bond acceptors (Lipinski definition) is 3. The van der Waals surface area contributed by atoms with E-state index in [9.17, 15) is 26.3 Å². The quantitative estimate of drug-likeness (QED) is 0.194. The van der Waals surface area contributed by atoms with Gasteiger partial charge in [-0.3, -0.25) is 0 Å². The molecular weight excluding hydrogens is 542 g/mol. The molecule has 10 heteroatoms. The summed E-state index contributed by atoms with van der Waals surface area (Å²) in [5.41, 5.74) is 2.27. The van der Waals surface area contributed by atoms with Crippen LogP contribution in [0.15, 0.2) is 60.7 Å². The zero-order valence-electron chi connectivity index (χ0n) is 19.1. The van der Waals surface area contributed by atoms with Crippen LogP contribution in [0.5, 0.6) is 0 Å². The van der Waals surface area contributed by atoms with Gasteiger partial charge < -0.3 is 5.11 Å². The number of halogens is 7. The van der Waals surface area contributed by atoms with Crippen LogP contribution in [0.3, 0.4) is 0 Å². The van der Waals surface area contributed by atoms with E-state index in [-0.39, 0.29) is 6.61 Å². The molecule has 0 amide bonds. The van der Waals surface area contributed by atoms with Crippen LogP contribution in [0.4, 0.5) is 26.3 Å². The highest BCUT2D eigenvalue weighted by Gasteiger charge is 2.30. The average molecular weight is 563 g/mol. The maximum Gasteiger partial charge on any atom is 0.416 e. The molecule has 2 heterocycles. The van der Waals surface area contributed by atoms with Gasteiger partial charge in [0.05, 0.1) is 23.6 Å². The van der Waals surface area contributed by atoms with E-state index in [0.717, 1.165) is 66.0 Å². The lowest BCUT2D eigenvalue weighted by atomic mass is 10.1. The van der Waals surface area contributed by atoms with Crippen molar-refractivity contribution in [2.45, 2.75) is 38.7 Å². The van der Waals surface area contributed by atoms with Crippen molar-refractivity contribution < 1.29 is 31.4 Å². The molecule has 4 aromatic rings. The number of rotatable bonds is 4. The molecule has 0 bridgehead atoms. The van der Waals surface area contributed by atoms with E-state index in [4.69, 9.17) is 16.7 Å². The molecule has 0 aliphatic rings. The van der Waals surface area contributed by atoms with E-state index in [1.807, 2.05) is 26.0 Å². The van der Waals surface area contributed by atoms with Crippen LogP contribution in [0.25, 0.3) is 20.9 Å². The zero-order chi connectivity index (χ0) is 26.7. The molecular formula is C26H21ClF6OS2. The number of aliphatic hydroxyl groups excluding tert-OH is 1. The normalized spacial score (nSPS) is 11.8. The predicted molar refractivity (Wildman–Crippen MR) is 134 cm³/mol. The molecule has 0 fully saturated rings. The Kier molecular flexibility index (Phi) is 8.93. The Hall–Kier alpha value is -2.33. The first-order valence-corrected chi connectivity index (χ1v) is 12.7. The highest BCUT2D eigenvalue weighted by molar-refractivity contribution is 7.16. The number of alkyl halides is 7. The third-order valence-electron chi connectivity index (χ3n) is 5.30. The Balaban J connectivity index is 0.000000201. The fourth-order valence-electron chi connectivity index (χ4n) is 3.26. The first-order valence-electron chi connectivity index (χ1n) is 10.5. The van der Waals surface area contributed by atoms with Crippen molar-refractivity contribution in [3.8, 4) is 20.9 Å². The van der Waals surface area contributed by atoms with Crippen LogP contribution in [0, 0.1) is 13.8 Å². The summed E-state index contributed by atoms with van der Waals surface area (Å²) in [6, 6.07) is 14.1. The van der Waals surface area contributed by atoms with Crippen LogP contribution < -0.4 is 0 Å². The lowest BCUT2D eigenvalue weighted by molar-refractivity contribution is -0.138. The summed E-state index contributed by atoms with van der Waals surface area (Å²) in [5, 5.41) is 9.09. The van der Waals surface area contributed by atoms with Crippen molar-refractivity contribution >= 4 is 34.3 Å². The van der Waals surface area contributed by atoms with Gasteiger partial charge in [0.15, 0.2) is 0 Å². The van der Waals surface area contributed by atoms with E-state index in [1.54, 1.807) is 0 Å². The van der Waals surface area contributed by atoms with Crippen LogP contribution in [-0.2, 0) is 24.8 Å². The van der Waals surface area contributed by atoms with Crippen LogP contribution >= 0.6 is 34.3 Å². The van der Waals surface area contributed by atoms with Gasteiger partial charge in [-0.25, -0.2) is 0 Å². The fourth-order valence-corrected chi connectivity index (χ4v) is 5.70. The van der Waals surface area contributed by atoms with Crippen molar-refractivity contribution in [3.63, 3.8) is 0 Å². The Labute approximate surface area is 217 Å². The van der Waals surface area contributed by atoms with Gasteiger partial charge in [0.25, 0.3) is 0 Å². The van der Waals surface area contributed by atoms with E-state index in [2.05, 4.69) is 0 Å². The molecule has 0 unspecified atom stereocenters. The average Bonchev–Trinajstić information content (AvgIpc) is 3.40. The van der Waals surface area contributed by atoms with E-state index in [0.29, 0.717) is 5.88 Å². The third-order valence-corrected chi connectivity index (χ3v) is 8.28. The second-order valence-corrected chi connectivity index (χ2v) is 10.4. The van der Waals surface area contributed by atoms with Gasteiger partial charge in [0.1, 0.15) is 0 Å². The van der Waals surface area contributed by atoms with Crippen molar-refractivity contribution in [1.82, 2.24) is 0 Å². The van der Waals surface area contributed by atoms with E-state index < -0.39 is 23.5 Å². The minimum Gasteiger partial charge on any atom is -0.391 e. The fraction of sp³-hybridized carbons (Fsp3) is 0.231. The first-order chi connectivity index (χ1) is 16.8. The maximum atomic E-state index is 12.4. The topological polar surface area (TPSA) is 20.2 Å². The molecule has 0 spiro atoms. The predicted octanol–water partition coefficient (Wildman–Crippen LogP) is 9.72. The van der Waals surface area contributed by atoms with Crippen LogP contribution in [-0.4, -0.2) is 5.11 Å². The standard InChI is InChI=1S/C13H10ClF3S.C13H11F3OS/c1-8-6-11(18-12(8)7-14)9-2-4-10(5-3-9)13(15,16)17;1-8-6-11(18-12(8)7-17)9-2-4-10(5-3-9)13(14,15)16/h2-6H,7H2,1H3;2-6,17H,7H2,1H3. The van der Waals surface area contributed by atoms with Crippen LogP contribution in [0.2, 0.25) is 0 Å². The summed E-state index contributed by atoms with van der Waals surface area (Å²) in [5.74, 6) is 0.428. The Bertz CT molecular complexity index is 1180. The van der Waals surface area contributed by atoms with Gasteiger partial charge in [-0.05, 0) is 72.5 Å². The number of benzene rings is 2. The number of aryl methyl sites for hydroxylation is 2. The largest absolute Gasteiger partial charge is 0.416 e. The Morgan fingerprint density at radius 3 is 1.31 bits per heavy atom. The van der Waals surface area contributed by atoms with Crippen molar-refractivity contribution in [2.75, 3.05) is 0 Å². The molecule has 1 nitrogen and oxygen atoms in total. The molecule has 0 saturated heterocycles. The molecule has 1 N–H and O–H groups in total. The van der Waals surface area contributed by atoms with Crippen molar-refractivity contribution in [2.24, 2.45) is 0 Å². The molecule has 0 aliphatic heterocycles. The van der Waals surface area contributed by atoms with Crippen molar-refractivity contribution in [1.29, 1.82) is 0 Å². The smallest absolute Gasteiger partial charge is 0.391 e.